The Bertz CT molecular complexity index is 190. The standard InChI is InChI=1S/C12H26N2O2/c1-3-4-10-5-6-14(7-10)12(8-15)11(13)9-16-2/h10-12,15H,3-9,13H2,1-2H3. The summed E-state index contributed by atoms with van der Waals surface area (Å²) < 4.78 is 5.06. The molecule has 1 heterocycles. The van der Waals surface area contributed by atoms with E-state index in [1.54, 1.807) is 7.11 Å². The Labute approximate surface area is 98.8 Å². The van der Waals surface area contributed by atoms with E-state index in [1.807, 2.05) is 0 Å². The number of hydrogen-bond donors (Lipinski definition) is 2. The van der Waals surface area contributed by atoms with E-state index >= 15 is 0 Å². The van der Waals surface area contributed by atoms with Crippen LogP contribution < -0.4 is 5.73 Å². The van der Waals surface area contributed by atoms with E-state index in [0.717, 1.165) is 19.0 Å². The third-order valence-corrected chi connectivity index (χ3v) is 3.52. The first-order valence-electron chi connectivity index (χ1n) is 6.32. The van der Waals surface area contributed by atoms with Crippen molar-refractivity contribution >= 4 is 0 Å². The average Bonchev–Trinajstić information content (AvgIpc) is 2.68. The molecule has 1 aliphatic rings. The lowest BCUT2D eigenvalue weighted by Crippen LogP contribution is -2.51. The molecule has 16 heavy (non-hydrogen) atoms. The van der Waals surface area contributed by atoms with E-state index in [-0.39, 0.29) is 18.7 Å². The Morgan fingerprint density at radius 2 is 2.31 bits per heavy atom. The van der Waals surface area contributed by atoms with Gasteiger partial charge in [0.1, 0.15) is 0 Å². The third kappa shape index (κ3) is 3.70. The lowest BCUT2D eigenvalue weighted by molar-refractivity contribution is 0.0820. The van der Waals surface area contributed by atoms with Gasteiger partial charge in [-0.05, 0) is 25.3 Å². The number of nitrogens with zero attached hydrogens (tertiary/aromatic N) is 1. The molecular formula is C12H26N2O2. The van der Waals surface area contributed by atoms with Crippen LogP contribution in [0, 0.1) is 5.92 Å². The van der Waals surface area contributed by atoms with Crippen molar-refractivity contribution < 1.29 is 9.84 Å². The Hall–Kier alpha value is -0.160. The molecule has 0 bridgehead atoms. The zero-order valence-electron chi connectivity index (χ0n) is 10.6. The molecule has 3 N–H and O–H groups in total. The Balaban J connectivity index is 2.42. The molecule has 4 heteroatoms. The molecule has 0 aromatic carbocycles. The van der Waals surface area contributed by atoms with Crippen molar-refractivity contribution in [2.24, 2.45) is 11.7 Å². The zero-order valence-corrected chi connectivity index (χ0v) is 10.6. The van der Waals surface area contributed by atoms with Gasteiger partial charge in [0, 0.05) is 19.7 Å². The number of methoxy groups -OCH3 is 1. The van der Waals surface area contributed by atoms with Crippen molar-refractivity contribution in [3.8, 4) is 0 Å². The monoisotopic (exact) mass is 230 g/mol. The summed E-state index contributed by atoms with van der Waals surface area (Å²) >= 11 is 0. The molecule has 0 spiro atoms. The minimum absolute atomic E-state index is 0.0572. The Morgan fingerprint density at radius 3 is 2.88 bits per heavy atom. The largest absolute Gasteiger partial charge is 0.395 e. The van der Waals surface area contributed by atoms with Gasteiger partial charge >= 0.3 is 0 Å². The van der Waals surface area contributed by atoms with E-state index in [1.165, 1.54) is 19.3 Å². The molecule has 3 unspecified atom stereocenters. The van der Waals surface area contributed by atoms with Crippen molar-refractivity contribution in [2.75, 3.05) is 33.4 Å². The summed E-state index contributed by atoms with van der Waals surface area (Å²) in [5.74, 6) is 0.786. The van der Waals surface area contributed by atoms with Crippen molar-refractivity contribution in [3.63, 3.8) is 0 Å². The van der Waals surface area contributed by atoms with Crippen LogP contribution in [0.4, 0.5) is 0 Å². The summed E-state index contributed by atoms with van der Waals surface area (Å²) in [6, 6.07) is -0.0304. The number of nitrogens with two attached hydrogens (primary N) is 1. The topological polar surface area (TPSA) is 58.7 Å². The van der Waals surface area contributed by atoms with Gasteiger partial charge in [0.15, 0.2) is 0 Å². The summed E-state index contributed by atoms with van der Waals surface area (Å²) in [6.07, 6.45) is 3.77. The van der Waals surface area contributed by atoms with Crippen LogP contribution in [0.5, 0.6) is 0 Å². The lowest BCUT2D eigenvalue weighted by Gasteiger charge is -2.30. The molecule has 1 aliphatic heterocycles. The van der Waals surface area contributed by atoms with Gasteiger partial charge in [0.05, 0.1) is 19.3 Å². The summed E-state index contributed by atoms with van der Waals surface area (Å²) in [5.41, 5.74) is 6.01. The smallest absolute Gasteiger partial charge is 0.0629 e. The number of ether oxygens (including phenoxy) is 1. The first-order valence-corrected chi connectivity index (χ1v) is 6.32. The molecule has 0 radical (unpaired) electrons. The molecule has 4 nitrogen and oxygen atoms in total. The fourth-order valence-corrected chi connectivity index (χ4v) is 2.63. The number of hydrogen-bond acceptors (Lipinski definition) is 4. The highest BCUT2D eigenvalue weighted by molar-refractivity contribution is 4.87. The molecule has 0 saturated carbocycles. The minimum atomic E-state index is -0.0876. The highest BCUT2D eigenvalue weighted by atomic mass is 16.5. The Morgan fingerprint density at radius 1 is 1.56 bits per heavy atom. The minimum Gasteiger partial charge on any atom is -0.395 e. The maximum Gasteiger partial charge on any atom is 0.0629 e. The van der Waals surface area contributed by atoms with Gasteiger partial charge in [0.25, 0.3) is 0 Å². The number of likely N-dealkylation sites (tertiary alicyclic amines) is 1. The van der Waals surface area contributed by atoms with E-state index < -0.39 is 0 Å². The van der Waals surface area contributed by atoms with E-state index in [0.29, 0.717) is 6.61 Å². The summed E-state index contributed by atoms with van der Waals surface area (Å²) in [7, 11) is 1.65. The quantitative estimate of drug-likeness (QED) is 0.666. The van der Waals surface area contributed by atoms with Gasteiger partial charge in [0.2, 0.25) is 0 Å². The van der Waals surface area contributed by atoms with Crippen LogP contribution in [0.15, 0.2) is 0 Å². The maximum atomic E-state index is 9.42. The second-order valence-electron chi connectivity index (χ2n) is 4.81. The highest BCUT2D eigenvalue weighted by Crippen LogP contribution is 2.23. The first-order chi connectivity index (χ1) is 7.72. The number of rotatable bonds is 7. The van der Waals surface area contributed by atoms with Gasteiger partial charge in [-0.3, -0.25) is 4.90 Å². The van der Waals surface area contributed by atoms with Gasteiger partial charge in [-0.2, -0.15) is 0 Å². The molecule has 3 atom stereocenters. The highest BCUT2D eigenvalue weighted by Gasteiger charge is 2.30. The fourth-order valence-electron chi connectivity index (χ4n) is 2.63. The predicted octanol–water partition coefficient (Wildman–Crippen LogP) is 0.443. The van der Waals surface area contributed by atoms with Crippen molar-refractivity contribution in [2.45, 2.75) is 38.3 Å². The van der Waals surface area contributed by atoms with Gasteiger partial charge in [-0.15, -0.1) is 0 Å². The second kappa shape index (κ2) is 7.22. The van der Waals surface area contributed by atoms with E-state index in [4.69, 9.17) is 10.5 Å². The molecule has 1 saturated heterocycles. The molecule has 0 amide bonds. The van der Waals surface area contributed by atoms with E-state index in [9.17, 15) is 5.11 Å². The van der Waals surface area contributed by atoms with E-state index in [2.05, 4.69) is 11.8 Å². The number of aliphatic hydroxyl groups is 1. The van der Waals surface area contributed by atoms with Gasteiger partial charge in [-0.1, -0.05) is 13.3 Å². The van der Waals surface area contributed by atoms with Crippen molar-refractivity contribution in [3.05, 3.63) is 0 Å². The van der Waals surface area contributed by atoms with Crippen LogP contribution in [0.3, 0.4) is 0 Å². The lowest BCUT2D eigenvalue weighted by atomic mass is 10.0. The molecule has 1 rings (SSSR count). The number of aliphatic hydroxyl groups excluding tert-OH is 1. The maximum absolute atomic E-state index is 9.42. The van der Waals surface area contributed by atoms with Gasteiger partial charge < -0.3 is 15.6 Å². The Kier molecular flexibility index (Phi) is 6.28. The molecule has 96 valence electrons. The first kappa shape index (κ1) is 13.9. The average molecular weight is 230 g/mol. The third-order valence-electron chi connectivity index (χ3n) is 3.52. The summed E-state index contributed by atoms with van der Waals surface area (Å²) in [6.45, 7) is 5.01. The van der Waals surface area contributed by atoms with Crippen molar-refractivity contribution in [1.29, 1.82) is 0 Å². The molecule has 0 aromatic heterocycles. The van der Waals surface area contributed by atoms with Crippen LogP contribution in [0.2, 0.25) is 0 Å². The normalized spacial score (nSPS) is 25.9. The predicted molar refractivity (Wildman–Crippen MR) is 65.3 cm³/mol. The molecule has 1 fully saturated rings. The molecule has 0 aromatic rings. The van der Waals surface area contributed by atoms with Crippen LogP contribution >= 0.6 is 0 Å². The zero-order chi connectivity index (χ0) is 12.0. The fraction of sp³-hybridized carbons (Fsp3) is 1.00. The van der Waals surface area contributed by atoms with Crippen molar-refractivity contribution in [1.82, 2.24) is 4.90 Å². The molecule has 0 aliphatic carbocycles. The van der Waals surface area contributed by atoms with Crippen LogP contribution in [-0.2, 0) is 4.74 Å². The SMILES string of the molecule is CCCC1CCN(C(CO)C(N)COC)C1. The molecular weight excluding hydrogens is 204 g/mol. The second-order valence-corrected chi connectivity index (χ2v) is 4.81. The summed E-state index contributed by atoms with van der Waals surface area (Å²) in [5, 5.41) is 9.42. The van der Waals surface area contributed by atoms with Crippen LogP contribution in [0.25, 0.3) is 0 Å². The summed E-state index contributed by atoms with van der Waals surface area (Å²) in [4.78, 5) is 2.32. The van der Waals surface area contributed by atoms with Crippen LogP contribution in [0.1, 0.15) is 26.2 Å². The van der Waals surface area contributed by atoms with Crippen LogP contribution in [-0.4, -0.2) is 55.5 Å². The van der Waals surface area contributed by atoms with Gasteiger partial charge in [-0.25, -0.2) is 0 Å².